The van der Waals surface area contributed by atoms with Gasteiger partial charge in [0, 0.05) is 15.1 Å². The van der Waals surface area contributed by atoms with Crippen molar-refractivity contribution in [2.75, 3.05) is 0 Å². The smallest absolute Gasteiger partial charge is 0.336 e. The van der Waals surface area contributed by atoms with Gasteiger partial charge in [0.25, 0.3) is 0 Å². The van der Waals surface area contributed by atoms with Crippen LogP contribution in [0.1, 0.15) is 21.5 Å². The lowest BCUT2D eigenvalue weighted by atomic mass is 10.1. The van der Waals surface area contributed by atoms with E-state index in [1.807, 2.05) is 19.1 Å². The average Bonchev–Trinajstić information content (AvgIpc) is 2.39. The minimum atomic E-state index is -0.888. The van der Waals surface area contributed by atoms with Gasteiger partial charge in [-0.05, 0) is 36.8 Å². The Morgan fingerprint density at radius 3 is 2.53 bits per heavy atom. The predicted octanol–water partition coefficient (Wildman–Crippen LogP) is 4.75. The molecule has 0 aliphatic carbocycles. The summed E-state index contributed by atoms with van der Waals surface area (Å²) in [4.78, 5) is 12.3. The monoisotopic (exact) mass is 336 g/mol. The number of hydrogen-bond acceptors (Lipinski definition) is 2. The van der Waals surface area contributed by atoms with Gasteiger partial charge in [-0.2, -0.15) is 0 Å². The molecule has 0 saturated carbocycles. The van der Waals surface area contributed by atoms with Crippen molar-refractivity contribution in [3.63, 3.8) is 0 Å². The van der Waals surface area contributed by atoms with Gasteiger partial charge < -0.3 is 5.11 Å². The van der Waals surface area contributed by atoms with Gasteiger partial charge in [-0.15, -0.1) is 11.8 Å². The molecule has 98 valence electrons. The molecular formula is C15H13BrO2S. The summed E-state index contributed by atoms with van der Waals surface area (Å²) in [6.45, 7) is 2.05. The van der Waals surface area contributed by atoms with Gasteiger partial charge in [-0.3, -0.25) is 0 Å². The Labute approximate surface area is 125 Å². The molecule has 2 aromatic carbocycles. The van der Waals surface area contributed by atoms with Crippen LogP contribution in [0.4, 0.5) is 0 Å². The number of carboxylic acids is 1. The zero-order valence-electron chi connectivity index (χ0n) is 10.4. The molecule has 0 heterocycles. The van der Waals surface area contributed by atoms with Crippen LogP contribution in [0.5, 0.6) is 0 Å². The van der Waals surface area contributed by atoms with Crippen molar-refractivity contribution >= 4 is 33.7 Å². The summed E-state index contributed by atoms with van der Waals surface area (Å²) >= 11 is 4.94. The van der Waals surface area contributed by atoms with E-state index in [0.717, 1.165) is 14.9 Å². The molecule has 0 aliphatic rings. The topological polar surface area (TPSA) is 37.3 Å². The van der Waals surface area contributed by atoms with Crippen LogP contribution in [0.15, 0.2) is 51.8 Å². The second-order valence-corrected chi connectivity index (χ2v) is 6.17. The number of hydrogen-bond donors (Lipinski definition) is 1. The molecule has 0 amide bonds. The number of rotatable bonds is 4. The van der Waals surface area contributed by atoms with Gasteiger partial charge in [0.1, 0.15) is 0 Å². The molecular weight excluding hydrogens is 324 g/mol. The predicted molar refractivity (Wildman–Crippen MR) is 81.8 cm³/mol. The number of aromatic carboxylic acids is 1. The summed E-state index contributed by atoms with van der Waals surface area (Å²) in [5.74, 6) is -0.237. The molecule has 0 aromatic heterocycles. The molecule has 19 heavy (non-hydrogen) atoms. The lowest BCUT2D eigenvalue weighted by molar-refractivity contribution is 0.0696. The molecule has 2 rings (SSSR count). The Kier molecular flexibility index (Phi) is 4.66. The summed E-state index contributed by atoms with van der Waals surface area (Å²) in [7, 11) is 0. The van der Waals surface area contributed by atoms with Crippen molar-refractivity contribution in [3.8, 4) is 0 Å². The molecule has 0 spiro atoms. The Morgan fingerprint density at radius 2 is 1.89 bits per heavy atom. The molecule has 4 heteroatoms. The van der Waals surface area contributed by atoms with E-state index in [0.29, 0.717) is 11.3 Å². The average molecular weight is 337 g/mol. The van der Waals surface area contributed by atoms with Crippen molar-refractivity contribution in [1.82, 2.24) is 0 Å². The first kappa shape index (κ1) is 14.2. The number of benzene rings is 2. The number of thioether (sulfide) groups is 1. The van der Waals surface area contributed by atoms with Gasteiger partial charge in [-0.25, -0.2) is 4.79 Å². The van der Waals surface area contributed by atoms with E-state index in [1.54, 1.807) is 17.8 Å². The van der Waals surface area contributed by atoms with Crippen LogP contribution in [0.2, 0.25) is 0 Å². The molecule has 0 fully saturated rings. The third-order valence-corrected chi connectivity index (χ3v) is 4.27. The molecule has 2 aromatic rings. The van der Waals surface area contributed by atoms with E-state index in [2.05, 4.69) is 40.2 Å². The second kappa shape index (κ2) is 6.26. The standard InChI is InChI=1S/C15H13BrO2S/c1-10-2-6-13(7-3-10)19-9-11-4-5-12(16)8-14(11)15(17)18/h2-8H,9H2,1H3,(H,17,18). The molecule has 0 unspecified atom stereocenters. The highest BCUT2D eigenvalue weighted by molar-refractivity contribution is 9.10. The SMILES string of the molecule is Cc1ccc(SCc2ccc(Br)cc2C(=O)O)cc1. The molecule has 0 radical (unpaired) electrons. The van der Waals surface area contributed by atoms with Gasteiger partial charge in [0.15, 0.2) is 0 Å². The molecule has 1 N–H and O–H groups in total. The summed E-state index contributed by atoms with van der Waals surface area (Å²) < 4.78 is 0.786. The van der Waals surface area contributed by atoms with Crippen molar-refractivity contribution < 1.29 is 9.90 Å². The lowest BCUT2D eigenvalue weighted by Crippen LogP contribution is -2.01. The number of aryl methyl sites for hydroxylation is 1. The van der Waals surface area contributed by atoms with Crippen LogP contribution >= 0.6 is 27.7 Å². The van der Waals surface area contributed by atoms with Crippen molar-refractivity contribution in [2.45, 2.75) is 17.6 Å². The fourth-order valence-electron chi connectivity index (χ4n) is 1.67. The third-order valence-electron chi connectivity index (χ3n) is 2.72. The largest absolute Gasteiger partial charge is 0.478 e. The van der Waals surface area contributed by atoms with E-state index in [1.165, 1.54) is 5.56 Å². The Bertz CT molecular complexity index is 594. The van der Waals surface area contributed by atoms with Gasteiger partial charge in [-0.1, -0.05) is 39.7 Å². The van der Waals surface area contributed by atoms with E-state index < -0.39 is 5.97 Å². The third kappa shape index (κ3) is 3.85. The fourth-order valence-corrected chi connectivity index (χ4v) is 2.93. The highest BCUT2D eigenvalue weighted by Crippen LogP contribution is 2.26. The van der Waals surface area contributed by atoms with Crippen LogP contribution < -0.4 is 0 Å². The van der Waals surface area contributed by atoms with E-state index >= 15 is 0 Å². The van der Waals surface area contributed by atoms with Gasteiger partial charge in [0.05, 0.1) is 5.56 Å². The molecule has 2 nitrogen and oxygen atoms in total. The van der Waals surface area contributed by atoms with Crippen LogP contribution in [0, 0.1) is 6.92 Å². The number of carbonyl (C=O) groups is 1. The van der Waals surface area contributed by atoms with Crippen LogP contribution in [0.25, 0.3) is 0 Å². The maximum absolute atomic E-state index is 11.2. The quantitative estimate of drug-likeness (QED) is 0.818. The zero-order chi connectivity index (χ0) is 13.8. The Balaban J connectivity index is 2.15. The maximum Gasteiger partial charge on any atom is 0.336 e. The zero-order valence-corrected chi connectivity index (χ0v) is 12.8. The van der Waals surface area contributed by atoms with Gasteiger partial charge >= 0.3 is 5.97 Å². The minimum Gasteiger partial charge on any atom is -0.478 e. The summed E-state index contributed by atoms with van der Waals surface area (Å²) in [6.07, 6.45) is 0. The molecule has 0 saturated heterocycles. The normalized spacial score (nSPS) is 10.4. The van der Waals surface area contributed by atoms with Crippen LogP contribution in [-0.4, -0.2) is 11.1 Å². The van der Waals surface area contributed by atoms with Crippen molar-refractivity contribution in [2.24, 2.45) is 0 Å². The van der Waals surface area contributed by atoms with E-state index in [4.69, 9.17) is 0 Å². The maximum atomic E-state index is 11.2. The Morgan fingerprint density at radius 1 is 1.21 bits per heavy atom. The summed E-state index contributed by atoms with van der Waals surface area (Å²) in [6, 6.07) is 13.6. The molecule has 0 atom stereocenters. The number of carboxylic acid groups (broad SMARTS) is 1. The lowest BCUT2D eigenvalue weighted by Gasteiger charge is -2.07. The van der Waals surface area contributed by atoms with Crippen LogP contribution in [-0.2, 0) is 5.75 Å². The summed E-state index contributed by atoms with van der Waals surface area (Å²) in [5, 5.41) is 9.19. The highest BCUT2D eigenvalue weighted by Gasteiger charge is 2.10. The fraction of sp³-hybridized carbons (Fsp3) is 0.133. The van der Waals surface area contributed by atoms with Crippen molar-refractivity contribution in [1.29, 1.82) is 0 Å². The van der Waals surface area contributed by atoms with E-state index in [9.17, 15) is 9.90 Å². The Hall–Kier alpha value is -1.26. The first-order valence-electron chi connectivity index (χ1n) is 5.77. The van der Waals surface area contributed by atoms with E-state index in [-0.39, 0.29) is 0 Å². The summed E-state index contributed by atoms with van der Waals surface area (Å²) in [5.41, 5.74) is 2.41. The number of halogens is 1. The van der Waals surface area contributed by atoms with Gasteiger partial charge in [0.2, 0.25) is 0 Å². The first-order valence-corrected chi connectivity index (χ1v) is 7.55. The van der Waals surface area contributed by atoms with Crippen LogP contribution in [0.3, 0.4) is 0 Å². The molecule has 0 bridgehead atoms. The van der Waals surface area contributed by atoms with Crippen molar-refractivity contribution in [3.05, 3.63) is 63.6 Å². The molecule has 0 aliphatic heterocycles. The highest BCUT2D eigenvalue weighted by atomic mass is 79.9. The minimum absolute atomic E-state index is 0.356. The second-order valence-electron chi connectivity index (χ2n) is 4.21. The first-order chi connectivity index (χ1) is 9.06.